The molecule has 0 unspecified atom stereocenters. The van der Waals surface area contributed by atoms with Crippen LogP contribution in [0, 0.1) is 13.8 Å². The van der Waals surface area contributed by atoms with Gasteiger partial charge >= 0.3 is 0 Å². The van der Waals surface area contributed by atoms with Gasteiger partial charge in [-0.15, -0.1) is 0 Å². The van der Waals surface area contributed by atoms with E-state index in [0.29, 0.717) is 17.8 Å². The van der Waals surface area contributed by atoms with Crippen molar-refractivity contribution in [3.8, 4) is 11.4 Å². The minimum Gasteiger partial charge on any atom is -0.358 e. The first-order chi connectivity index (χ1) is 12.2. The second kappa shape index (κ2) is 6.92. The Kier molecular flexibility index (Phi) is 4.48. The van der Waals surface area contributed by atoms with Crippen LogP contribution in [0.3, 0.4) is 0 Å². The Hall–Kier alpha value is -2.28. The van der Waals surface area contributed by atoms with Crippen molar-refractivity contribution >= 4 is 16.7 Å². The summed E-state index contributed by atoms with van der Waals surface area (Å²) in [6.45, 7) is 3.95. The molecule has 0 aliphatic heterocycles. The van der Waals surface area contributed by atoms with E-state index in [4.69, 9.17) is 4.52 Å². The third-order valence-corrected chi connectivity index (χ3v) is 5.41. The average molecular weight is 355 g/mol. The van der Waals surface area contributed by atoms with E-state index in [2.05, 4.69) is 43.9 Å². The van der Waals surface area contributed by atoms with Crippen molar-refractivity contribution in [2.75, 3.05) is 5.32 Å². The van der Waals surface area contributed by atoms with Crippen LogP contribution in [0.15, 0.2) is 28.8 Å². The van der Waals surface area contributed by atoms with Gasteiger partial charge in [0.15, 0.2) is 11.6 Å². The Morgan fingerprint density at radius 2 is 1.88 bits per heavy atom. The molecule has 7 heteroatoms. The van der Waals surface area contributed by atoms with Crippen LogP contribution in [0.4, 0.5) is 5.13 Å². The number of benzene rings is 1. The molecule has 0 atom stereocenters. The topological polar surface area (TPSA) is 76.7 Å². The summed E-state index contributed by atoms with van der Waals surface area (Å²) >= 11 is 1.43. The molecule has 0 spiro atoms. The molecule has 25 heavy (non-hydrogen) atoms. The number of hydrogen-bond donors (Lipinski definition) is 1. The third-order valence-electron chi connectivity index (χ3n) is 4.76. The number of rotatable bonds is 4. The predicted octanol–water partition coefficient (Wildman–Crippen LogP) is 4.34. The van der Waals surface area contributed by atoms with Crippen molar-refractivity contribution in [3.05, 3.63) is 41.5 Å². The first-order valence-electron chi connectivity index (χ1n) is 8.65. The van der Waals surface area contributed by atoms with Gasteiger partial charge in [0.25, 0.3) is 0 Å². The predicted molar refractivity (Wildman–Crippen MR) is 97.7 cm³/mol. The molecule has 3 aromatic rings. The Labute approximate surface area is 150 Å². The summed E-state index contributed by atoms with van der Waals surface area (Å²) in [4.78, 5) is 9.04. The lowest BCUT2D eigenvalue weighted by atomic mass is 9.86. The number of nitrogens with one attached hydrogen (secondary N) is 1. The summed E-state index contributed by atoms with van der Waals surface area (Å²) < 4.78 is 9.83. The van der Waals surface area contributed by atoms with Crippen molar-refractivity contribution in [1.29, 1.82) is 0 Å². The molecule has 0 saturated heterocycles. The van der Waals surface area contributed by atoms with Crippen LogP contribution < -0.4 is 5.32 Å². The van der Waals surface area contributed by atoms with E-state index in [9.17, 15) is 0 Å². The molecule has 1 aliphatic carbocycles. The van der Waals surface area contributed by atoms with Crippen molar-refractivity contribution < 1.29 is 4.52 Å². The summed E-state index contributed by atoms with van der Waals surface area (Å²) in [6.07, 6.45) is 4.27. The van der Waals surface area contributed by atoms with E-state index >= 15 is 0 Å². The highest BCUT2D eigenvalue weighted by molar-refractivity contribution is 7.09. The van der Waals surface area contributed by atoms with Crippen LogP contribution in [0.25, 0.3) is 11.4 Å². The number of hydrogen-bond acceptors (Lipinski definition) is 7. The lowest BCUT2D eigenvalue weighted by Crippen LogP contribution is -2.25. The number of aryl methyl sites for hydroxylation is 2. The van der Waals surface area contributed by atoms with Crippen LogP contribution in [0.2, 0.25) is 0 Å². The highest BCUT2D eigenvalue weighted by atomic mass is 32.1. The maximum absolute atomic E-state index is 5.32. The molecule has 1 N–H and O–H groups in total. The van der Waals surface area contributed by atoms with Crippen LogP contribution in [0.5, 0.6) is 0 Å². The van der Waals surface area contributed by atoms with E-state index in [1.54, 1.807) is 0 Å². The van der Waals surface area contributed by atoms with Gasteiger partial charge in [-0.3, -0.25) is 0 Å². The Morgan fingerprint density at radius 3 is 2.60 bits per heavy atom. The minimum absolute atomic E-state index is 0.385. The van der Waals surface area contributed by atoms with Crippen LogP contribution in [0.1, 0.15) is 48.9 Å². The van der Waals surface area contributed by atoms with Gasteiger partial charge < -0.3 is 9.84 Å². The van der Waals surface area contributed by atoms with Crippen molar-refractivity contribution in [2.24, 2.45) is 0 Å². The van der Waals surface area contributed by atoms with Gasteiger partial charge in [0.1, 0.15) is 0 Å². The largest absolute Gasteiger partial charge is 0.358 e. The van der Waals surface area contributed by atoms with Gasteiger partial charge in [-0.1, -0.05) is 29.4 Å². The number of anilines is 1. The fraction of sp³-hybridized carbons (Fsp3) is 0.444. The van der Waals surface area contributed by atoms with E-state index in [-0.39, 0.29) is 0 Å². The molecule has 0 bridgehead atoms. The zero-order valence-corrected chi connectivity index (χ0v) is 15.2. The van der Waals surface area contributed by atoms with Gasteiger partial charge in [0.2, 0.25) is 11.0 Å². The number of nitrogens with zero attached hydrogens (tertiary/aromatic N) is 4. The second-order valence-corrected chi connectivity index (χ2v) is 7.36. The minimum atomic E-state index is 0.385. The SMILES string of the molecule is Cc1noc(C2CCC(Nc3nc(-c4ccccc4C)ns3)CC2)n1. The fourth-order valence-corrected chi connectivity index (χ4v) is 4.01. The highest BCUT2D eigenvalue weighted by Gasteiger charge is 2.26. The Balaban J connectivity index is 1.37. The molecule has 2 heterocycles. The van der Waals surface area contributed by atoms with Crippen LogP contribution >= 0.6 is 11.5 Å². The van der Waals surface area contributed by atoms with Gasteiger partial charge in [-0.25, -0.2) is 0 Å². The van der Waals surface area contributed by atoms with E-state index in [1.165, 1.54) is 17.1 Å². The van der Waals surface area contributed by atoms with Crippen molar-refractivity contribution in [3.63, 3.8) is 0 Å². The summed E-state index contributed by atoms with van der Waals surface area (Å²) in [5.41, 5.74) is 2.30. The van der Waals surface area contributed by atoms with Gasteiger partial charge in [-0.2, -0.15) is 14.3 Å². The first kappa shape index (κ1) is 16.2. The van der Waals surface area contributed by atoms with Crippen molar-refractivity contribution in [2.45, 2.75) is 51.5 Å². The van der Waals surface area contributed by atoms with E-state index in [0.717, 1.165) is 48.1 Å². The molecule has 1 fully saturated rings. The van der Waals surface area contributed by atoms with Gasteiger partial charge in [0, 0.05) is 29.1 Å². The molecule has 130 valence electrons. The molecular weight excluding hydrogens is 334 g/mol. The van der Waals surface area contributed by atoms with Crippen molar-refractivity contribution in [1.82, 2.24) is 19.5 Å². The monoisotopic (exact) mass is 355 g/mol. The smallest absolute Gasteiger partial charge is 0.229 e. The second-order valence-electron chi connectivity index (χ2n) is 6.61. The summed E-state index contributed by atoms with van der Waals surface area (Å²) in [5, 5.41) is 8.34. The Bertz CT molecular complexity index is 851. The van der Waals surface area contributed by atoms with E-state index < -0.39 is 0 Å². The summed E-state index contributed by atoms with van der Waals surface area (Å²) in [5.74, 6) is 2.69. The quantitative estimate of drug-likeness (QED) is 0.750. The molecule has 0 radical (unpaired) electrons. The first-order valence-corrected chi connectivity index (χ1v) is 9.43. The molecule has 0 amide bonds. The lowest BCUT2D eigenvalue weighted by molar-refractivity contribution is 0.305. The van der Waals surface area contributed by atoms with Gasteiger partial charge in [0.05, 0.1) is 0 Å². The highest BCUT2D eigenvalue weighted by Crippen LogP contribution is 2.34. The summed E-state index contributed by atoms with van der Waals surface area (Å²) in [6, 6.07) is 8.64. The standard InChI is InChI=1S/C18H21N5OS/c1-11-5-3-4-6-15(11)16-21-18(25-23-16)20-14-9-7-13(8-10-14)17-19-12(2)22-24-17/h3-6,13-14H,7-10H2,1-2H3,(H,20,21,23). The van der Waals surface area contributed by atoms with Crippen LogP contribution in [-0.4, -0.2) is 25.5 Å². The molecule has 1 aromatic carbocycles. The zero-order valence-electron chi connectivity index (χ0n) is 14.4. The normalized spacial score (nSPS) is 20.6. The summed E-state index contributed by atoms with van der Waals surface area (Å²) in [7, 11) is 0. The fourth-order valence-electron chi connectivity index (χ4n) is 3.35. The molecule has 4 rings (SSSR count). The molecule has 6 nitrogen and oxygen atoms in total. The molecular formula is C18H21N5OS. The number of aromatic nitrogens is 4. The molecule has 1 aliphatic rings. The zero-order chi connectivity index (χ0) is 17.2. The molecule has 2 aromatic heterocycles. The van der Waals surface area contributed by atoms with Gasteiger partial charge in [-0.05, 0) is 45.1 Å². The van der Waals surface area contributed by atoms with Crippen LogP contribution in [-0.2, 0) is 0 Å². The lowest BCUT2D eigenvalue weighted by Gasteiger charge is -2.26. The molecule has 1 saturated carbocycles. The maximum Gasteiger partial charge on any atom is 0.229 e. The maximum atomic E-state index is 5.32. The third kappa shape index (κ3) is 3.56. The Morgan fingerprint density at radius 1 is 1.08 bits per heavy atom. The van der Waals surface area contributed by atoms with E-state index in [1.807, 2.05) is 19.1 Å². The average Bonchev–Trinajstić information content (AvgIpc) is 3.25.